The minimum atomic E-state index is -3.70. The Morgan fingerprint density at radius 1 is 0.480 bits per heavy atom. The lowest BCUT2D eigenvalue weighted by Gasteiger charge is -2.50. The van der Waals surface area contributed by atoms with Gasteiger partial charge in [-0.05, 0) is 0 Å². The van der Waals surface area contributed by atoms with Gasteiger partial charge in [0, 0.05) is 26.2 Å². The van der Waals surface area contributed by atoms with Crippen molar-refractivity contribution in [3.63, 3.8) is 0 Å². The van der Waals surface area contributed by atoms with Crippen LogP contribution < -0.4 is 21.3 Å². The van der Waals surface area contributed by atoms with Crippen LogP contribution >= 0.6 is 0 Å². The quantitative estimate of drug-likeness (QED) is 0.0277. The topological polar surface area (TPSA) is 786 Å². The summed E-state index contributed by atoms with van der Waals surface area (Å²) in [5.74, 6) is -22.9. The van der Waals surface area contributed by atoms with Crippen molar-refractivity contribution in [1.82, 2.24) is 21.3 Å². The molecule has 4 amide bonds. The molecule has 5 aliphatic rings. The standard InChI is InChI=1S/C53H88N4O43/c1-15(67)54-16(5-58)41(94-47-40(84)38(82)42(25(10-63)93-47)95-46-39(83)37(81)34(78)22(7-60)92-46)33(77)21(72)14-91-51(48(85)86)2-17(68)30(56-27(74)12-65)44(98-51)35(79)23(8-61)97-53(50(89)90)4-19(70)31(57-28(75)13-66)45(100-53)36(80)24(9-62)96-52(49(87)88)3-18(69)29(55-26(73)11-64)43(99-52)32(76)20(71)6-59/h16-25,29-47,58-66,68-72,76-84H,2-14H2,1H3,(H,54,67)(H,55,73)(H,56,74)(H,57,75)(H,85,86)(H,87,88)(H,89,90)/t16-,17-,18-,19-,20+,21+,22+,23+,24+,25+,29+,30+,31+,32+,33-,34-,35+,36+,37-,38+,39+,40+,41+,42-,43+,44+,45+,46-,47-,51+,52+,53+/m0/s1. The molecule has 0 bridgehead atoms. The van der Waals surface area contributed by atoms with E-state index >= 15 is 0 Å². The van der Waals surface area contributed by atoms with Crippen LogP contribution in [0.1, 0.15) is 26.2 Å². The van der Waals surface area contributed by atoms with Crippen molar-refractivity contribution in [2.75, 3.05) is 66.1 Å². The van der Waals surface area contributed by atoms with E-state index in [1.54, 1.807) is 0 Å². The summed E-state index contributed by atoms with van der Waals surface area (Å²) in [5, 5.41) is 287. The minimum Gasteiger partial charge on any atom is -0.477 e. The lowest BCUT2D eigenvalue weighted by Crippen LogP contribution is -2.71. The Balaban J connectivity index is 1.48. The largest absolute Gasteiger partial charge is 0.477 e. The van der Waals surface area contributed by atoms with Gasteiger partial charge in [0.25, 0.3) is 17.4 Å². The van der Waals surface area contributed by atoms with Crippen molar-refractivity contribution in [2.24, 2.45) is 0 Å². The number of aliphatic carboxylic acids is 3. The number of hydrogen-bond acceptors (Lipinski definition) is 40. The van der Waals surface area contributed by atoms with Crippen LogP contribution in [0.25, 0.3) is 0 Å². The smallest absolute Gasteiger partial charge is 0.364 e. The molecule has 47 heteroatoms. The van der Waals surface area contributed by atoms with Crippen LogP contribution in [-0.2, 0) is 80.9 Å². The van der Waals surface area contributed by atoms with Crippen molar-refractivity contribution >= 4 is 41.5 Å². The van der Waals surface area contributed by atoms with Crippen LogP contribution in [0.15, 0.2) is 0 Å². The van der Waals surface area contributed by atoms with Crippen LogP contribution in [0.3, 0.4) is 0 Å². The molecule has 5 fully saturated rings. The first kappa shape index (κ1) is 85.6. The molecule has 0 unspecified atom stereocenters. The van der Waals surface area contributed by atoms with Crippen molar-refractivity contribution < 1.29 is 214 Å². The van der Waals surface area contributed by atoms with E-state index in [4.69, 9.17) is 47.4 Å². The van der Waals surface area contributed by atoms with Crippen molar-refractivity contribution in [3.8, 4) is 0 Å². The minimum absolute atomic E-state index is 0.875. The number of carboxylic acid groups (broad SMARTS) is 3. The normalized spacial score (nSPS) is 37.9. The highest BCUT2D eigenvalue weighted by Crippen LogP contribution is 2.41. The van der Waals surface area contributed by atoms with Crippen LogP contribution in [-0.4, -0.2) is 435 Å². The first-order valence-electron chi connectivity index (χ1n) is 30.4. The average molecular weight is 1470 g/mol. The van der Waals surface area contributed by atoms with Crippen molar-refractivity contribution in [1.29, 1.82) is 0 Å². The Morgan fingerprint density at radius 2 is 0.880 bits per heavy atom. The zero-order valence-corrected chi connectivity index (χ0v) is 52.5. The van der Waals surface area contributed by atoms with Crippen molar-refractivity contribution in [2.45, 2.75) is 221 Å². The van der Waals surface area contributed by atoms with Gasteiger partial charge in [0.2, 0.25) is 23.6 Å². The summed E-state index contributed by atoms with van der Waals surface area (Å²) in [6, 6.07) is -8.37. The predicted molar refractivity (Wildman–Crippen MR) is 304 cm³/mol. The Labute approximate surface area is 562 Å². The van der Waals surface area contributed by atoms with Gasteiger partial charge in [0.15, 0.2) is 12.6 Å². The van der Waals surface area contributed by atoms with Crippen LogP contribution in [0.4, 0.5) is 0 Å². The van der Waals surface area contributed by atoms with Gasteiger partial charge >= 0.3 is 17.9 Å². The highest BCUT2D eigenvalue weighted by Gasteiger charge is 2.63. The highest BCUT2D eigenvalue weighted by molar-refractivity contribution is 5.80. The molecule has 578 valence electrons. The third-order valence-corrected chi connectivity index (χ3v) is 17.0. The predicted octanol–water partition coefficient (Wildman–Crippen LogP) is -19.4. The summed E-state index contributed by atoms with van der Waals surface area (Å²) in [6.45, 7) is -12.9. The molecule has 5 aliphatic heterocycles. The fourth-order valence-corrected chi connectivity index (χ4v) is 11.7. The molecule has 0 aromatic carbocycles. The second-order valence-corrected chi connectivity index (χ2v) is 23.9. The molecule has 0 spiro atoms. The molecule has 0 aliphatic carbocycles. The van der Waals surface area contributed by atoms with Crippen LogP contribution in [0.5, 0.6) is 0 Å². The van der Waals surface area contributed by atoms with E-state index in [2.05, 4.69) is 5.32 Å². The van der Waals surface area contributed by atoms with Gasteiger partial charge in [0.1, 0.15) is 142 Å². The maximum absolute atomic E-state index is 13.6. The number of carboxylic acids is 3. The van der Waals surface area contributed by atoms with E-state index in [9.17, 15) is 166 Å². The maximum atomic E-state index is 13.6. The fraction of sp³-hybridized carbons (Fsp3) is 0.868. The van der Waals surface area contributed by atoms with E-state index in [0.717, 1.165) is 6.92 Å². The van der Waals surface area contributed by atoms with Gasteiger partial charge in [-0.25, -0.2) is 14.4 Å². The highest BCUT2D eigenvalue weighted by atomic mass is 16.8. The molecule has 32 atom stereocenters. The molecule has 30 N–H and O–H groups in total. The summed E-state index contributed by atoms with van der Waals surface area (Å²) in [4.78, 5) is 90.2. The summed E-state index contributed by atoms with van der Waals surface area (Å²) in [6.07, 6.45) is -63.1. The number of rotatable bonds is 36. The SMILES string of the molecule is CC(=O)N[C@@H](CO)[C@@H](O[C@@H]1O[C@H](CO)[C@H](O[C@@H]2O[C@H](CO)[C@H](O)[C@H](O)[C@H]2O)[C@H](O)[C@H]1O)[C@@H](O)[C@H](O)CO[C@]1(C(=O)O)C[C@H](O)[C@@H](NC(=O)CO)[C@H]([C@H](O)[C@@H](CO)O[C@]2(C(=O)O)C[C@H](O)[C@@H](NC(=O)CO)[C@H]([C@H](O)[C@@H](CO)O[C@]3(C(=O)O)C[C@H](O)[C@@H](NC(=O)CO)[C@H]([C@H](O)[C@H](O)CO)O3)O2)O1. The molecule has 5 saturated heterocycles. The number of nitrogens with one attached hydrogen (secondary N) is 4. The molecule has 0 aromatic heterocycles. The molecule has 100 heavy (non-hydrogen) atoms. The zero-order valence-electron chi connectivity index (χ0n) is 52.5. The lowest BCUT2D eigenvalue weighted by molar-refractivity contribution is -0.366. The third kappa shape index (κ3) is 19.5. The second kappa shape index (κ2) is 37.1. The zero-order chi connectivity index (χ0) is 75.4. The molecular formula is C53H88N4O43. The van der Waals surface area contributed by atoms with E-state index < -0.39 is 321 Å². The number of hydrogen-bond donors (Lipinski definition) is 30. The van der Waals surface area contributed by atoms with E-state index in [1.165, 1.54) is 0 Å². The molecule has 5 rings (SSSR count). The van der Waals surface area contributed by atoms with Crippen molar-refractivity contribution in [3.05, 3.63) is 0 Å². The van der Waals surface area contributed by atoms with Crippen LogP contribution in [0, 0.1) is 0 Å². The second-order valence-electron chi connectivity index (χ2n) is 23.9. The fourth-order valence-electron chi connectivity index (χ4n) is 11.7. The van der Waals surface area contributed by atoms with Crippen LogP contribution in [0.2, 0.25) is 0 Å². The Morgan fingerprint density at radius 3 is 1.26 bits per heavy atom. The number of aliphatic hydroxyl groups excluding tert-OH is 23. The molecular weight excluding hydrogens is 1380 g/mol. The summed E-state index contributed by atoms with van der Waals surface area (Å²) >= 11 is 0. The van der Waals surface area contributed by atoms with Gasteiger partial charge in [-0.1, -0.05) is 0 Å². The van der Waals surface area contributed by atoms with E-state index in [0.29, 0.717) is 0 Å². The van der Waals surface area contributed by atoms with E-state index in [-0.39, 0.29) is 0 Å². The lowest BCUT2D eigenvalue weighted by atomic mass is 9.86. The molecule has 47 nitrogen and oxygen atoms in total. The Kier molecular flexibility index (Phi) is 31.8. The monoisotopic (exact) mass is 1470 g/mol. The molecule has 0 aromatic rings. The number of aliphatic hydroxyl groups is 23. The summed E-state index contributed by atoms with van der Waals surface area (Å²) < 4.78 is 55.5. The van der Waals surface area contributed by atoms with Gasteiger partial charge in [-0.2, -0.15) is 0 Å². The number of carbonyl (C=O) groups is 7. The molecule has 0 radical (unpaired) electrons. The number of amides is 4. The molecule has 5 heterocycles. The van der Waals surface area contributed by atoms with Gasteiger partial charge < -0.3 is 201 Å². The molecule has 0 saturated carbocycles. The first-order chi connectivity index (χ1) is 46.9. The average Bonchev–Trinajstić information content (AvgIpc) is 0.760. The van der Waals surface area contributed by atoms with Gasteiger partial charge in [-0.3, -0.25) is 19.2 Å². The summed E-state index contributed by atoms with van der Waals surface area (Å²) in [5.41, 5.74) is 0. The Hall–Kier alpha value is -5.03. The van der Waals surface area contributed by atoms with Gasteiger partial charge in [0.05, 0.1) is 88.7 Å². The maximum Gasteiger partial charge on any atom is 0.364 e. The Bertz CT molecular complexity index is 2680. The first-order valence-corrected chi connectivity index (χ1v) is 30.4. The number of carbonyl (C=O) groups excluding carboxylic acids is 4. The number of ether oxygens (including phenoxy) is 10. The van der Waals surface area contributed by atoms with E-state index in [1.807, 2.05) is 16.0 Å². The summed E-state index contributed by atoms with van der Waals surface area (Å²) in [7, 11) is 0. The van der Waals surface area contributed by atoms with Gasteiger partial charge in [-0.15, -0.1) is 0 Å². The third-order valence-electron chi connectivity index (χ3n) is 17.0.